The van der Waals surface area contributed by atoms with Gasteiger partial charge in [0.25, 0.3) is 5.91 Å². The molecule has 10 heteroatoms. The average molecular weight is 422 g/mol. The summed E-state index contributed by atoms with van der Waals surface area (Å²) in [5.74, 6) is 0.125. The Hall–Kier alpha value is -3.69. The molecule has 160 valence electrons. The lowest BCUT2D eigenvalue weighted by Crippen LogP contribution is -2.39. The normalized spacial score (nSPS) is 18.8. The van der Waals surface area contributed by atoms with Crippen LogP contribution in [0.4, 0.5) is 5.82 Å². The van der Waals surface area contributed by atoms with Gasteiger partial charge in [-0.05, 0) is 25.3 Å². The van der Waals surface area contributed by atoms with E-state index in [0.29, 0.717) is 35.1 Å². The largest absolute Gasteiger partial charge is 0.481 e. The Balaban J connectivity index is 1.31. The first-order valence-electron chi connectivity index (χ1n) is 10.3. The molecule has 3 N–H and O–H groups in total. The number of hydrogen-bond donors (Lipinski definition) is 3. The Morgan fingerprint density at radius 3 is 2.90 bits per heavy atom. The van der Waals surface area contributed by atoms with E-state index in [2.05, 4.69) is 25.9 Å². The Bertz CT molecular complexity index is 1190. The fourth-order valence-corrected chi connectivity index (χ4v) is 3.98. The minimum atomic E-state index is -0.499. The van der Waals surface area contributed by atoms with Gasteiger partial charge in [0.05, 0.1) is 17.3 Å². The highest BCUT2D eigenvalue weighted by atomic mass is 16.5. The third kappa shape index (κ3) is 3.76. The molecule has 1 unspecified atom stereocenters. The van der Waals surface area contributed by atoms with Crippen LogP contribution < -0.4 is 15.4 Å². The van der Waals surface area contributed by atoms with E-state index in [4.69, 9.17) is 4.74 Å². The Morgan fingerprint density at radius 2 is 2.13 bits per heavy atom. The Kier molecular flexibility index (Phi) is 4.68. The zero-order valence-electron chi connectivity index (χ0n) is 17.0. The maximum atomic E-state index is 12.3. The summed E-state index contributed by atoms with van der Waals surface area (Å²) >= 11 is 0. The first-order valence-corrected chi connectivity index (χ1v) is 10.3. The minimum absolute atomic E-state index is 0.185. The summed E-state index contributed by atoms with van der Waals surface area (Å²) in [4.78, 5) is 36.1. The van der Waals surface area contributed by atoms with Crippen LogP contribution in [-0.2, 0) is 21.4 Å². The van der Waals surface area contributed by atoms with Crippen molar-refractivity contribution < 1.29 is 19.1 Å². The molecule has 10 nitrogen and oxygen atoms in total. The maximum absolute atomic E-state index is 12.3. The molecule has 3 aromatic rings. The predicted octanol–water partition coefficient (Wildman–Crippen LogP) is 1.71. The van der Waals surface area contributed by atoms with Crippen LogP contribution in [-0.4, -0.2) is 44.3 Å². The molecule has 2 aliphatic rings. The van der Waals surface area contributed by atoms with Crippen molar-refractivity contribution in [3.8, 4) is 5.75 Å². The molecular formula is C21H22N6O4. The number of hydrogen-bond acceptors (Lipinski definition) is 6. The minimum Gasteiger partial charge on any atom is -0.481 e. The number of imide groups is 1. The second-order valence-electron chi connectivity index (χ2n) is 7.98. The van der Waals surface area contributed by atoms with Gasteiger partial charge in [-0.25, -0.2) is 0 Å². The van der Waals surface area contributed by atoms with Gasteiger partial charge in [0.15, 0.2) is 6.61 Å². The summed E-state index contributed by atoms with van der Waals surface area (Å²) in [5.41, 5.74) is 2.26. The number of aromatic nitrogens is 4. The Morgan fingerprint density at radius 1 is 1.29 bits per heavy atom. The molecule has 3 heterocycles. The number of H-pyrrole nitrogens is 1. The number of fused-ring (bicyclic) bond motifs is 1. The number of nitrogens with zero attached hydrogens (tertiary/aromatic N) is 3. The lowest BCUT2D eigenvalue weighted by Gasteiger charge is -2.19. The van der Waals surface area contributed by atoms with Crippen molar-refractivity contribution in [2.24, 2.45) is 7.05 Å². The summed E-state index contributed by atoms with van der Waals surface area (Å²) in [7, 11) is 1.76. The van der Waals surface area contributed by atoms with Crippen molar-refractivity contribution in [3.63, 3.8) is 0 Å². The van der Waals surface area contributed by atoms with Crippen LogP contribution >= 0.6 is 0 Å². The smallest absolute Gasteiger partial charge is 0.263 e. The zero-order chi connectivity index (χ0) is 21.5. The molecule has 1 saturated carbocycles. The summed E-state index contributed by atoms with van der Waals surface area (Å²) in [6.07, 6.45) is 2.96. The fourth-order valence-electron chi connectivity index (χ4n) is 3.98. The number of aromatic amines is 1. The number of ether oxygens (including phenoxy) is 1. The first-order chi connectivity index (χ1) is 15.0. The van der Waals surface area contributed by atoms with Gasteiger partial charge >= 0.3 is 0 Å². The highest BCUT2D eigenvalue weighted by molar-refractivity contribution is 6.03. The van der Waals surface area contributed by atoms with Crippen molar-refractivity contribution in [2.75, 3.05) is 11.9 Å². The van der Waals surface area contributed by atoms with Crippen molar-refractivity contribution in [3.05, 3.63) is 35.7 Å². The van der Waals surface area contributed by atoms with Crippen LogP contribution in [0.3, 0.4) is 0 Å². The van der Waals surface area contributed by atoms with Crippen LogP contribution in [0.2, 0.25) is 0 Å². The summed E-state index contributed by atoms with van der Waals surface area (Å²) in [6.45, 7) is -0.185. The molecule has 31 heavy (non-hydrogen) atoms. The molecule has 0 spiro atoms. The molecule has 1 saturated heterocycles. The molecule has 1 aliphatic heterocycles. The molecule has 1 aliphatic carbocycles. The van der Waals surface area contributed by atoms with Crippen molar-refractivity contribution in [1.82, 2.24) is 25.3 Å². The maximum Gasteiger partial charge on any atom is 0.263 e. The molecule has 1 atom stereocenters. The number of carbonyl (C=O) groups is 3. The monoisotopic (exact) mass is 422 g/mol. The van der Waals surface area contributed by atoms with Crippen molar-refractivity contribution >= 4 is 34.4 Å². The summed E-state index contributed by atoms with van der Waals surface area (Å²) in [6, 6.07) is 7.26. The van der Waals surface area contributed by atoms with Gasteiger partial charge in [-0.15, -0.1) is 0 Å². The van der Waals surface area contributed by atoms with Crippen LogP contribution in [0, 0.1) is 0 Å². The summed E-state index contributed by atoms with van der Waals surface area (Å²) < 4.78 is 7.42. The van der Waals surface area contributed by atoms with Gasteiger partial charge in [0, 0.05) is 30.8 Å². The molecule has 2 aromatic heterocycles. The van der Waals surface area contributed by atoms with Crippen LogP contribution in [0.5, 0.6) is 5.75 Å². The second kappa shape index (κ2) is 7.53. The Labute approximate surface area is 177 Å². The lowest BCUT2D eigenvalue weighted by atomic mass is 9.93. The van der Waals surface area contributed by atoms with E-state index in [1.807, 2.05) is 12.1 Å². The van der Waals surface area contributed by atoms with Gasteiger partial charge in [-0.1, -0.05) is 12.1 Å². The van der Waals surface area contributed by atoms with E-state index < -0.39 is 5.92 Å². The highest BCUT2D eigenvalue weighted by Gasteiger charge is 2.32. The number of aryl methyl sites for hydroxylation is 1. The molecule has 0 bridgehead atoms. The number of piperidine rings is 1. The number of amides is 3. The predicted molar refractivity (Wildman–Crippen MR) is 111 cm³/mol. The molecule has 5 rings (SSSR count). The SMILES string of the molecule is Cn1nc(C2CCC(=O)NC2=O)c2cccc(OCC(=O)Nc3cc(C4CC4)n[nH]3)c21. The van der Waals surface area contributed by atoms with Gasteiger partial charge in [0.1, 0.15) is 17.1 Å². The van der Waals surface area contributed by atoms with E-state index in [-0.39, 0.29) is 30.7 Å². The van der Waals surface area contributed by atoms with E-state index in [9.17, 15) is 14.4 Å². The summed E-state index contributed by atoms with van der Waals surface area (Å²) in [5, 5.41) is 17.5. The molecule has 3 amide bonds. The fraction of sp³-hybridized carbons (Fsp3) is 0.381. The molecule has 1 aromatic carbocycles. The highest BCUT2D eigenvalue weighted by Crippen LogP contribution is 2.39. The quantitative estimate of drug-likeness (QED) is 0.519. The lowest BCUT2D eigenvalue weighted by molar-refractivity contribution is -0.134. The first kappa shape index (κ1) is 19.3. The van der Waals surface area contributed by atoms with Crippen LogP contribution in [0.1, 0.15) is 48.9 Å². The zero-order valence-corrected chi connectivity index (χ0v) is 17.0. The number of anilines is 1. The van der Waals surface area contributed by atoms with Gasteiger partial charge in [0.2, 0.25) is 11.8 Å². The van der Waals surface area contributed by atoms with E-state index in [1.165, 1.54) is 0 Å². The third-order valence-electron chi connectivity index (χ3n) is 5.65. The number of rotatable bonds is 6. The van der Waals surface area contributed by atoms with E-state index >= 15 is 0 Å². The number of nitrogens with one attached hydrogen (secondary N) is 3. The number of para-hydroxylation sites is 1. The number of carbonyl (C=O) groups excluding carboxylic acids is 3. The molecule has 0 radical (unpaired) electrons. The van der Waals surface area contributed by atoms with Gasteiger partial charge < -0.3 is 10.1 Å². The third-order valence-corrected chi connectivity index (χ3v) is 5.65. The molecular weight excluding hydrogens is 400 g/mol. The topological polar surface area (TPSA) is 131 Å². The van der Waals surface area contributed by atoms with Crippen molar-refractivity contribution in [1.29, 1.82) is 0 Å². The van der Waals surface area contributed by atoms with Crippen LogP contribution in [0.15, 0.2) is 24.3 Å². The average Bonchev–Trinajstić information content (AvgIpc) is 3.40. The van der Waals surface area contributed by atoms with E-state index in [0.717, 1.165) is 23.9 Å². The van der Waals surface area contributed by atoms with Crippen LogP contribution in [0.25, 0.3) is 10.9 Å². The number of benzene rings is 1. The van der Waals surface area contributed by atoms with Gasteiger partial charge in [-0.3, -0.25) is 29.5 Å². The standard InChI is InChI=1S/C21H22N6O4/c1-27-20-12(19(26-27)13-7-8-17(28)23-21(13)30)3-2-4-15(20)31-10-18(29)22-16-9-14(24-25-16)11-5-6-11/h2-4,9,11,13H,5-8,10H2,1H3,(H,23,28,30)(H2,22,24,25,29). The molecule has 2 fully saturated rings. The second-order valence-corrected chi connectivity index (χ2v) is 7.98. The van der Waals surface area contributed by atoms with E-state index in [1.54, 1.807) is 23.9 Å². The van der Waals surface area contributed by atoms with Crippen molar-refractivity contribution in [2.45, 2.75) is 37.5 Å². The van der Waals surface area contributed by atoms with Gasteiger partial charge in [-0.2, -0.15) is 10.2 Å².